The molecule has 0 bridgehead atoms. The van der Waals surface area contributed by atoms with Crippen molar-refractivity contribution in [2.45, 2.75) is 20.8 Å². The number of aryl methyl sites for hydroxylation is 3. The van der Waals surface area contributed by atoms with Crippen LogP contribution in [-0.2, 0) is 0 Å². The number of rotatable bonds is 4. The van der Waals surface area contributed by atoms with Crippen LogP contribution in [0, 0.1) is 20.8 Å². The Bertz CT molecular complexity index is 544. The van der Waals surface area contributed by atoms with E-state index in [-0.39, 0.29) is 0 Å². The van der Waals surface area contributed by atoms with Crippen LogP contribution in [-0.4, -0.2) is 6.61 Å². The maximum Gasteiger partial charge on any atom is 0.119 e. The molecule has 0 aromatic heterocycles. The molecule has 0 unspecified atom stereocenters. The first-order valence-corrected chi connectivity index (χ1v) is 6.59. The van der Waals surface area contributed by atoms with Crippen LogP contribution in [0.5, 0.6) is 5.75 Å². The minimum atomic E-state index is 0.594. The predicted octanol–water partition coefficient (Wildman–Crippen LogP) is 4.70. The van der Waals surface area contributed by atoms with Gasteiger partial charge < -0.3 is 4.74 Å². The van der Waals surface area contributed by atoms with Crippen LogP contribution in [0.25, 0.3) is 6.08 Å². The van der Waals surface area contributed by atoms with Gasteiger partial charge >= 0.3 is 0 Å². The molecule has 0 radical (unpaired) electrons. The van der Waals surface area contributed by atoms with Crippen LogP contribution >= 0.6 is 0 Å². The van der Waals surface area contributed by atoms with Gasteiger partial charge in [0.15, 0.2) is 0 Å². The largest absolute Gasteiger partial charge is 0.490 e. The predicted molar refractivity (Wildman–Crippen MR) is 81.6 cm³/mol. The van der Waals surface area contributed by atoms with Gasteiger partial charge in [-0.1, -0.05) is 42.0 Å². The van der Waals surface area contributed by atoms with Crippen molar-refractivity contribution in [3.05, 3.63) is 70.8 Å². The number of benzene rings is 2. The van der Waals surface area contributed by atoms with Gasteiger partial charge in [0, 0.05) is 0 Å². The van der Waals surface area contributed by atoms with Crippen molar-refractivity contribution in [1.29, 1.82) is 0 Å². The lowest BCUT2D eigenvalue weighted by Crippen LogP contribution is -1.93. The van der Waals surface area contributed by atoms with E-state index in [4.69, 9.17) is 4.74 Å². The van der Waals surface area contributed by atoms with Crippen molar-refractivity contribution < 1.29 is 4.74 Å². The Hall–Kier alpha value is -2.02. The molecule has 0 aliphatic heterocycles. The van der Waals surface area contributed by atoms with E-state index >= 15 is 0 Å². The van der Waals surface area contributed by atoms with E-state index in [1.807, 2.05) is 30.3 Å². The molecule has 0 heterocycles. The summed E-state index contributed by atoms with van der Waals surface area (Å²) in [5, 5.41) is 0. The third-order valence-electron chi connectivity index (χ3n) is 3.11. The molecule has 1 nitrogen and oxygen atoms in total. The van der Waals surface area contributed by atoms with E-state index in [9.17, 15) is 0 Å². The van der Waals surface area contributed by atoms with Gasteiger partial charge in [0.1, 0.15) is 12.4 Å². The minimum absolute atomic E-state index is 0.594. The normalized spacial score (nSPS) is 10.9. The molecule has 2 aromatic rings. The quantitative estimate of drug-likeness (QED) is 0.766. The molecule has 0 aliphatic carbocycles. The standard InChI is InChI=1S/C18H20O/c1-14-12-15(2)18(16(3)13-14)10-7-11-19-17-8-5-4-6-9-17/h4-10,12-13H,11H2,1-3H3. The minimum Gasteiger partial charge on any atom is -0.490 e. The van der Waals surface area contributed by atoms with E-state index < -0.39 is 0 Å². The summed E-state index contributed by atoms with van der Waals surface area (Å²) in [6, 6.07) is 14.3. The van der Waals surface area contributed by atoms with Gasteiger partial charge in [-0.25, -0.2) is 0 Å². The average Bonchev–Trinajstić information content (AvgIpc) is 2.38. The first kappa shape index (κ1) is 13.4. The molecule has 1 heteroatoms. The Morgan fingerprint density at radius 1 is 0.947 bits per heavy atom. The fraction of sp³-hybridized carbons (Fsp3) is 0.222. The number of para-hydroxylation sites is 1. The van der Waals surface area contributed by atoms with Gasteiger partial charge in [-0.3, -0.25) is 0 Å². The topological polar surface area (TPSA) is 9.23 Å². The third kappa shape index (κ3) is 3.72. The zero-order valence-corrected chi connectivity index (χ0v) is 11.8. The average molecular weight is 252 g/mol. The van der Waals surface area contributed by atoms with Gasteiger partial charge in [-0.2, -0.15) is 0 Å². The Kier molecular flexibility index (Phi) is 4.40. The molecular formula is C18H20O. The molecule has 0 N–H and O–H groups in total. The van der Waals surface area contributed by atoms with Gasteiger partial charge in [0.25, 0.3) is 0 Å². The second-order valence-electron chi connectivity index (χ2n) is 4.84. The summed E-state index contributed by atoms with van der Waals surface area (Å²) < 4.78 is 5.64. The maximum atomic E-state index is 5.64. The van der Waals surface area contributed by atoms with Crippen LogP contribution in [0.4, 0.5) is 0 Å². The highest BCUT2D eigenvalue weighted by Gasteiger charge is 1.99. The molecule has 2 rings (SSSR count). The lowest BCUT2D eigenvalue weighted by atomic mass is 9.99. The summed E-state index contributed by atoms with van der Waals surface area (Å²) in [4.78, 5) is 0. The summed E-state index contributed by atoms with van der Waals surface area (Å²) in [5.74, 6) is 0.907. The van der Waals surface area contributed by atoms with Gasteiger partial charge in [-0.05, 0) is 55.7 Å². The highest BCUT2D eigenvalue weighted by molar-refractivity contribution is 5.58. The molecule has 98 valence electrons. The first-order valence-electron chi connectivity index (χ1n) is 6.59. The molecule has 19 heavy (non-hydrogen) atoms. The molecule has 0 fully saturated rings. The molecule has 0 atom stereocenters. The Morgan fingerprint density at radius 3 is 2.21 bits per heavy atom. The smallest absolute Gasteiger partial charge is 0.119 e. The Balaban J connectivity index is 2.00. The monoisotopic (exact) mass is 252 g/mol. The first-order chi connectivity index (χ1) is 9.16. The van der Waals surface area contributed by atoms with Crippen molar-refractivity contribution >= 4 is 6.08 Å². The summed E-state index contributed by atoms with van der Waals surface area (Å²) in [7, 11) is 0. The van der Waals surface area contributed by atoms with E-state index in [0.29, 0.717) is 6.61 Å². The van der Waals surface area contributed by atoms with E-state index in [2.05, 4.69) is 45.1 Å². The number of hydrogen-bond acceptors (Lipinski definition) is 1. The van der Waals surface area contributed by atoms with Crippen LogP contribution in [0.3, 0.4) is 0 Å². The molecule has 0 saturated heterocycles. The van der Waals surface area contributed by atoms with Gasteiger partial charge in [-0.15, -0.1) is 0 Å². The highest BCUT2D eigenvalue weighted by atomic mass is 16.5. The zero-order valence-electron chi connectivity index (χ0n) is 11.8. The summed E-state index contributed by atoms with van der Waals surface area (Å²) in [6.45, 7) is 7.03. The summed E-state index contributed by atoms with van der Waals surface area (Å²) in [5.41, 5.74) is 5.23. The van der Waals surface area contributed by atoms with Crippen molar-refractivity contribution in [1.82, 2.24) is 0 Å². The lowest BCUT2D eigenvalue weighted by Gasteiger charge is -2.07. The lowest BCUT2D eigenvalue weighted by molar-refractivity contribution is 0.363. The van der Waals surface area contributed by atoms with E-state index in [1.165, 1.54) is 22.3 Å². The van der Waals surface area contributed by atoms with Crippen LogP contribution in [0.2, 0.25) is 0 Å². The second-order valence-corrected chi connectivity index (χ2v) is 4.84. The number of ether oxygens (including phenoxy) is 1. The summed E-state index contributed by atoms with van der Waals surface area (Å²) in [6.07, 6.45) is 4.21. The SMILES string of the molecule is Cc1cc(C)c(C=CCOc2ccccc2)c(C)c1. The van der Waals surface area contributed by atoms with Crippen molar-refractivity contribution in [2.75, 3.05) is 6.61 Å². The third-order valence-corrected chi connectivity index (χ3v) is 3.11. The Labute approximate surface area is 115 Å². The zero-order chi connectivity index (χ0) is 13.7. The van der Waals surface area contributed by atoms with Crippen molar-refractivity contribution in [2.24, 2.45) is 0 Å². The molecule has 0 amide bonds. The maximum absolute atomic E-state index is 5.64. The number of hydrogen-bond donors (Lipinski definition) is 0. The van der Waals surface area contributed by atoms with Crippen LogP contribution in [0.1, 0.15) is 22.3 Å². The van der Waals surface area contributed by atoms with Gasteiger partial charge in [0.05, 0.1) is 0 Å². The molecule has 0 saturated carbocycles. The van der Waals surface area contributed by atoms with Crippen molar-refractivity contribution in [3.63, 3.8) is 0 Å². The van der Waals surface area contributed by atoms with Crippen LogP contribution in [0.15, 0.2) is 48.5 Å². The second kappa shape index (κ2) is 6.24. The fourth-order valence-corrected chi connectivity index (χ4v) is 2.28. The summed E-state index contributed by atoms with van der Waals surface area (Å²) >= 11 is 0. The Morgan fingerprint density at radius 2 is 1.58 bits per heavy atom. The van der Waals surface area contributed by atoms with E-state index in [1.54, 1.807) is 0 Å². The fourth-order valence-electron chi connectivity index (χ4n) is 2.28. The van der Waals surface area contributed by atoms with Gasteiger partial charge in [0.2, 0.25) is 0 Å². The van der Waals surface area contributed by atoms with E-state index in [0.717, 1.165) is 5.75 Å². The molecule has 2 aromatic carbocycles. The van der Waals surface area contributed by atoms with Crippen molar-refractivity contribution in [3.8, 4) is 5.75 Å². The highest BCUT2D eigenvalue weighted by Crippen LogP contribution is 2.18. The molecule has 0 spiro atoms. The molecule has 0 aliphatic rings. The van der Waals surface area contributed by atoms with Crippen LogP contribution < -0.4 is 4.74 Å². The molecular weight excluding hydrogens is 232 g/mol.